The highest BCUT2D eigenvalue weighted by molar-refractivity contribution is 6.15. The van der Waals surface area contributed by atoms with Crippen LogP contribution in [0, 0.1) is 0 Å². The van der Waals surface area contributed by atoms with Crippen molar-refractivity contribution in [1.82, 2.24) is 0 Å². The number of fused-ring (bicyclic) bond motifs is 3. The van der Waals surface area contributed by atoms with Gasteiger partial charge < -0.3 is 23.7 Å². The van der Waals surface area contributed by atoms with Crippen LogP contribution in [0.4, 0.5) is 0 Å². The van der Waals surface area contributed by atoms with Crippen molar-refractivity contribution in [2.45, 2.75) is 19.3 Å². The number of hydrogen-bond donors (Lipinski definition) is 0. The molecule has 0 saturated carbocycles. The van der Waals surface area contributed by atoms with E-state index in [9.17, 15) is 9.59 Å². The van der Waals surface area contributed by atoms with Crippen molar-refractivity contribution in [3.05, 3.63) is 94.8 Å². The van der Waals surface area contributed by atoms with E-state index >= 15 is 0 Å². The van der Waals surface area contributed by atoms with Gasteiger partial charge >= 0.3 is 5.97 Å². The molecular weight excluding hydrogens is 472 g/mol. The van der Waals surface area contributed by atoms with E-state index in [0.29, 0.717) is 46.5 Å². The zero-order valence-corrected chi connectivity index (χ0v) is 20.8. The van der Waals surface area contributed by atoms with Crippen molar-refractivity contribution in [2.75, 3.05) is 20.8 Å². The number of allylic oxidation sites excluding steroid dienone is 1. The van der Waals surface area contributed by atoms with Crippen molar-refractivity contribution in [1.29, 1.82) is 0 Å². The fourth-order valence-corrected chi connectivity index (χ4v) is 4.46. The summed E-state index contributed by atoms with van der Waals surface area (Å²) in [5.74, 6) is 1.80. The summed E-state index contributed by atoms with van der Waals surface area (Å²) < 4.78 is 28.2. The van der Waals surface area contributed by atoms with Crippen molar-refractivity contribution >= 4 is 17.8 Å². The second kappa shape index (κ2) is 9.85. The quantitative estimate of drug-likeness (QED) is 0.178. The van der Waals surface area contributed by atoms with Crippen LogP contribution in [0.15, 0.2) is 72.5 Å². The van der Waals surface area contributed by atoms with Gasteiger partial charge in [-0.2, -0.15) is 0 Å². The topological polar surface area (TPSA) is 80.3 Å². The van der Waals surface area contributed by atoms with Gasteiger partial charge in [-0.05, 0) is 66.1 Å². The van der Waals surface area contributed by atoms with E-state index in [1.165, 1.54) is 0 Å². The van der Waals surface area contributed by atoms with E-state index in [2.05, 4.69) is 6.58 Å². The van der Waals surface area contributed by atoms with Crippen LogP contribution in [0.1, 0.15) is 46.3 Å². The highest BCUT2D eigenvalue weighted by Crippen LogP contribution is 2.49. The van der Waals surface area contributed by atoms with Crippen molar-refractivity contribution in [3.8, 4) is 28.7 Å². The molecule has 2 heterocycles. The lowest BCUT2D eigenvalue weighted by molar-refractivity contribution is -0.135. The largest absolute Gasteiger partial charge is 0.497 e. The van der Waals surface area contributed by atoms with Gasteiger partial charge in [-0.3, -0.25) is 9.59 Å². The molecule has 188 valence electrons. The third-order valence-electron chi connectivity index (χ3n) is 6.26. The first-order chi connectivity index (χ1) is 17.9. The Balaban J connectivity index is 1.53. The van der Waals surface area contributed by atoms with Crippen LogP contribution >= 0.6 is 0 Å². The Hall–Kier alpha value is -4.52. The summed E-state index contributed by atoms with van der Waals surface area (Å²) in [7, 11) is 3.16. The fourth-order valence-electron chi connectivity index (χ4n) is 4.46. The normalized spacial score (nSPS) is 16.9. The maximum Gasteiger partial charge on any atom is 0.312 e. The lowest BCUT2D eigenvalue weighted by Gasteiger charge is -2.26. The molecule has 0 saturated heterocycles. The summed E-state index contributed by atoms with van der Waals surface area (Å²) in [6.45, 7) is 6.10. The summed E-state index contributed by atoms with van der Waals surface area (Å²) in [6.07, 6.45) is 1.78. The molecule has 37 heavy (non-hydrogen) atoms. The number of methoxy groups -OCH3 is 2. The summed E-state index contributed by atoms with van der Waals surface area (Å²) in [5.41, 5.74) is 3.57. The molecule has 0 amide bonds. The van der Waals surface area contributed by atoms with Gasteiger partial charge in [-0.1, -0.05) is 24.8 Å². The maximum absolute atomic E-state index is 13.2. The highest BCUT2D eigenvalue weighted by atomic mass is 16.5. The average Bonchev–Trinajstić information content (AvgIpc) is 3.22. The third kappa shape index (κ3) is 4.68. The molecule has 3 aromatic rings. The minimum atomic E-state index is -0.400. The van der Waals surface area contributed by atoms with E-state index < -0.39 is 5.92 Å². The Kier molecular flexibility index (Phi) is 6.44. The molecule has 1 atom stereocenters. The first kappa shape index (κ1) is 24.2. The number of ether oxygens (including phenoxy) is 5. The molecule has 0 unspecified atom stereocenters. The average molecular weight is 499 g/mol. The zero-order valence-electron chi connectivity index (χ0n) is 20.8. The monoisotopic (exact) mass is 498 g/mol. The molecule has 0 radical (unpaired) electrons. The van der Waals surface area contributed by atoms with E-state index in [-0.39, 0.29) is 23.9 Å². The van der Waals surface area contributed by atoms with Gasteiger partial charge in [0, 0.05) is 11.5 Å². The Morgan fingerprint density at radius 3 is 2.49 bits per heavy atom. The van der Waals surface area contributed by atoms with E-state index in [0.717, 1.165) is 16.7 Å². The van der Waals surface area contributed by atoms with Gasteiger partial charge in [0.15, 0.2) is 17.3 Å². The second-order valence-electron chi connectivity index (χ2n) is 8.95. The first-order valence-corrected chi connectivity index (χ1v) is 11.8. The zero-order chi connectivity index (χ0) is 26.1. The second-order valence-corrected chi connectivity index (χ2v) is 8.95. The summed E-state index contributed by atoms with van der Waals surface area (Å²) in [5, 5.41) is 0. The molecular formula is C30H26O7. The standard InChI is InChI=1S/C30H26O7/c1-17(2)16-35-23-11-7-19(14-25(23)34-4)22-15-27(31)36-24-12-10-21-29(32)26(37-30(21)28(22)24)13-18-5-8-20(33-3)9-6-18/h5-14,22H,1,15-16H2,2-4H3/b26-13-/t22-/m0/s1. The number of Topliss-reactive ketones (excluding diaryl/α,β-unsaturated/α-hetero) is 1. The van der Waals surface area contributed by atoms with E-state index in [4.69, 9.17) is 23.7 Å². The number of benzene rings is 3. The number of rotatable bonds is 7. The van der Waals surface area contributed by atoms with Gasteiger partial charge in [0.05, 0.1) is 26.2 Å². The molecule has 0 fully saturated rings. The van der Waals surface area contributed by atoms with Crippen LogP contribution in [0.3, 0.4) is 0 Å². The summed E-state index contributed by atoms with van der Waals surface area (Å²) in [6, 6.07) is 16.1. The highest BCUT2D eigenvalue weighted by Gasteiger charge is 2.38. The number of esters is 1. The van der Waals surface area contributed by atoms with Gasteiger partial charge in [0.1, 0.15) is 23.9 Å². The maximum atomic E-state index is 13.2. The molecule has 2 aliphatic rings. The van der Waals surface area contributed by atoms with Crippen molar-refractivity contribution in [3.63, 3.8) is 0 Å². The summed E-state index contributed by atoms with van der Waals surface area (Å²) in [4.78, 5) is 25.7. The predicted octanol–water partition coefficient (Wildman–Crippen LogP) is 5.72. The molecule has 0 bridgehead atoms. The fraction of sp³-hybridized carbons (Fsp3) is 0.200. The molecule has 2 aliphatic heterocycles. The van der Waals surface area contributed by atoms with Crippen LogP contribution in [-0.2, 0) is 4.79 Å². The van der Waals surface area contributed by atoms with Crippen LogP contribution in [-0.4, -0.2) is 32.6 Å². The smallest absolute Gasteiger partial charge is 0.312 e. The van der Waals surface area contributed by atoms with Crippen molar-refractivity contribution < 1.29 is 33.3 Å². The van der Waals surface area contributed by atoms with E-state index in [1.807, 2.05) is 43.3 Å². The van der Waals surface area contributed by atoms with Crippen LogP contribution < -0.4 is 23.7 Å². The van der Waals surface area contributed by atoms with Crippen molar-refractivity contribution in [2.24, 2.45) is 0 Å². The van der Waals surface area contributed by atoms with Crippen LogP contribution in [0.2, 0.25) is 0 Å². The molecule has 5 rings (SSSR count). The lowest BCUT2D eigenvalue weighted by atomic mass is 9.84. The van der Waals surface area contributed by atoms with Gasteiger partial charge in [0.2, 0.25) is 5.78 Å². The minimum Gasteiger partial charge on any atom is -0.497 e. The molecule has 0 aromatic heterocycles. The molecule has 0 N–H and O–H groups in total. The predicted molar refractivity (Wildman–Crippen MR) is 138 cm³/mol. The van der Waals surface area contributed by atoms with Gasteiger partial charge in [0.25, 0.3) is 0 Å². The third-order valence-corrected chi connectivity index (χ3v) is 6.26. The van der Waals surface area contributed by atoms with E-state index in [1.54, 1.807) is 38.5 Å². The lowest BCUT2D eigenvalue weighted by Crippen LogP contribution is -2.21. The first-order valence-electron chi connectivity index (χ1n) is 11.8. The molecule has 0 aliphatic carbocycles. The Bertz CT molecular complexity index is 1430. The number of carbonyl (C=O) groups excluding carboxylic acids is 2. The van der Waals surface area contributed by atoms with Gasteiger partial charge in [-0.15, -0.1) is 0 Å². The minimum absolute atomic E-state index is 0.0909. The molecule has 3 aromatic carbocycles. The van der Waals surface area contributed by atoms with Crippen LogP contribution in [0.5, 0.6) is 28.7 Å². The number of ketones is 1. The Morgan fingerprint density at radius 2 is 1.78 bits per heavy atom. The Morgan fingerprint density at radius 1 is 1.00 bits per heavy atom. The van der Waals surface area contributed by atoms with Gasteiger partial charge in [-0.25, -0.2) is 0 Å². The summed E-state index contributed by atoms with van der Waals surface area (Å²) >= 11 is 0. The molecule has 7 nitrogen and oxygen atoms in total. The Labute approximate surface area is 214 Å². The molecule has 0 spiro atoms. The number of hydrogen-bond acceptors (Lipinski definition) is 7. The van der Waals surface area contributed by atoms with Crippen LogP contribution in [0.25, 0.3) is 6.08 Å². The molecule has 7 heteroatoms. The number of carbonyl (C=O) groups is 2. The SMILES string of the molecule is C=C(C)COc1ccc([C@@H]2CC(=O)Oc3ccc4c(c32)O/C(=C\c2ccc(OC)cc2)C4=O)cc1OC.